The molecular formula is C18H15F4N3O. The Labute approximate surface area is 147 Å². The molecule has 3 rings (SSSR count). The van der Waals surface area contributed by atoms with Crippen molar-refractivity contribution in [1.29, 1.82) is 0 Å². The van der Waals surface area contributed by atoms with Crippen LogP contribution in [0.2, 0.25) is 0 Å². The maximum Gasteiger partial charge on any atom is 0.435 e. The van der Waals surface area contributed by atoms with Crippen LogP contribution < -0.4 is 5.32 Å². The van der Waals surface area contributed by atoms with Gasteiger partial charge >= 0.3 is 6.18 Å². The molecule has 0 radical (unpaired) electrons. The topological polar surface area (TPSA) is 46.9 Å². The van der Waals surface area contributed by atoms with Crippen LogP contribution in [0, 0.1) is 12.7 Å². The number of rotatable bonds is 3. The Morgan fingerprint density at radius 3 is 2.42 bits per heavy atom. The quantitative estimate of drug-likeness (QED) is 0.675. The third-order valence-corrected chi connectivity index (χ3v) is 3.61. The summed E-state index contributed by atoms with van der Waals surface area (Å²) in [5.74, 6) is -1.58. The van der Waals surface area contributed by atoms with Crippen LogP contribution in [0.4, 0.5) is 23.2 Å². The second-order valence-corrected chi connectivity index (χ2v) is 5.60. The van der Waals surface area contributed by atoms with Crippen molar-refractivity contribution in [2.24, 2.45) is 0 Å². The molecule has 8 heteroatoms. The average molecular weight is 366 g/mol. The molecule has 0 aliphatic rings. The molecule has 0 bridgehead atoms. The summed E-state index contributed by atoms with van der Waals surface area (Å²) in [5, 5.41) is 5.77. The molecule has 0 saturated heterocycles. The molecule has 0 saturated carbocycles. The molecule has 0 fully saturated rings. The molecule has 0 aliphatic carbocycles. The summed E-state index contributed by atoms with van der Waals surface area (Å²) in [6.45, 7) is 1.68. The predicted octanol–water partition coefficient (Wildman–Crippen LogP) is 4.84. The molecule has 0 spiro atoms. The van der Waals surface area contributed by atoms with Gasteiger partial charge in [-0.15, -0.1) is 0 Å². The van der Waals surface area contributed by atoms with Gasteiger partial charge in [0.1, 0.15) is 11.5 Å². The van der Waals surface area contributed by atoms with E-state index in [1.54, 1.807) is 31.2 Å². The van der Waals surface area contributed by atoms with Crippen molar-refractivity contribution in [3.05, 3.63) is 77.4 Å². The number of amides is 1. The number of benzene rings is 2. The summed E-state index contributed by atoms with van der Waals surface area (Å²) in [6.07, 6.45) is -4.72. The van der Waals surface area contributed by atoms with Gasteiger partial charge in [-0.3, -0.25) is 4.79 Å². The summed E-state index contributed by atoms with van der Waals surface area (Å²) in [4.78, 5) is 12.5. The number of carbonyl (C=O) groups excluding carboxylic acids is 1. The molecule has 136 valence electrons. The molecule has 1 aromatic heterocycles. The van der Waals surface area contributed by atoms with Crippen molar-refractivity contribution in [3.63, 3.8) is 0 Å². The molecule has 4 nitrogen and oxygen atoms in total. The third kappa shape index (κ3) is 3.58. The molecule has 1 heterocycles. The minimum absolute atomic E-state index is 0. The van der Waals surface area contributed by atoms with Crippen molar-refractivity contribution in [3.8, 4) is 5.69 Å². The van der Waals surface area contributed by atoms with Gasteiger partial charge in [0.05, 0.1) is 11.4 Å². The van der Waals surface area contributed by atoms with E-state index in [1.807, 2.05) is 0 Å². The number of halogens is 4. The van der Waals surface area contributed by atoms with Crippen molar-refractivity contribution in [1.82, 2.24) is 9.78 Å². The number of nitrogens with one attached hydrogen (secondary N) is 1. The number of aromatic nitrogens is 2. The first-order valence-electron chi connectivity index (χ1n) is 7.56. The fraction of sp³-hybridized carbons (Fsp3) is 0.111. The molecule has 0 atom stereocenters. The lowest BCUT2D eigenvalue weighted by molar-refractivity contribution is -0.141. The molecule has 3 aromatic rings. The van der Waals surface area contributed by atoms with Crippen LogP contribution in [0.3, 0.4) is 0 Å². The Bertz CT molecular complexity index is 955. The third-order valence-electron chi connectivity index (χ3n) is 3.61. The predicted molar refractivity (Wildman–Crippen MR) is 89.8 cm³/mol. The fourth-order valence-electron chi connectivity index (χ4n) is 2.36. The molecule has 0 unspecified atom stereocenters. The molecule has 0 aliphatic heterocycles. The summed E-state index contributed by atoms with van der Waals surface area (Å²) >= 11 is 0. The summed E-state index contributed by atoms with van der Waals surface area (Å²) in [5.41, 5.74) is -0.777. The van der Waals surface area contributed by atoms with Gasteiger partial charge in [-0.05, 0) is 36.8 Å². The number of alkyl halides is 3. The number of para-hydroxylation sites is 1. The van der Waals surface area contributed by atoms with E-state index in [0.29, 0.717) is 11.6 Å². The average Bonchev–Trinajstić information content (AvgIpc) is 3.04. The van der Waals surface area contributed by atoms with Gasteiger partial charge in [0.2, 0.25) is 0 Å². The number of hydrogen-bond donors (Lipinski definition) is 1. The standard InChI is InChI=1S/C18H13F4N3O.H2/c1-11-7-8-14(13(19)9-11)23-17(26)15-10-16(18(20,21)22)24-25(15)12-5-3-2-4-6-12;/h2-10H,1H3,(H,23,26);1H/i;1+1. The van der Waals surface area contributed by atoms with E-state index in [-0.39, 0.29) is 18.5 Å². The second kappa shape index (κ2) is 6.62. The van der Waals surface area contributed by atoms with E-state index in [4.69, 9.17) is 0 Å². The summed E-state index contributed by atoms with van der Waals surface area (Å²) in [6, 6.07) is 12.7. The van der Waals surface area contributed by atoms with E-state index >= 15 is 0 Å². The van der Waals surface area contributed by atoms with E-state index in [1.165, 1.54) is 24.3 Å². The van der Waals surface area contributed by atoms with Crippen LogP contribution in [-0.4, -0.2) is 15.7 Å². The highest BCUT2D eigenvalue weighted by Crippen LogP contribution is 2.30. The Kier molecular flexibility index (Phi) is 4.50. The van der Waals surface area contributed by atoms with Crippen LogP contribution in [0.1, 0.15) is 23.2 Å². The van der Waals surface area contributed by atoms with Crippen molar-refractivity contribution in [2.45, 2.75) is 13.1 Å². The van der Waals surface area contributed by atoms with Gasteiger partial charge in [0.15, 0.2) is 5.69 Å². The molecule has 1 N–H and O–H groups in total. The fourth-order valence-corrected chi connectivity index (χ4v) is 2.36. The van der Waals surface area contributed by atoms with E-state index in [0.717, 1.165) is 4.68 Å². The molecule has 2 aromatic carbocycles. The highest BCUT2D eigenvalue weighted by atomic mass is 19.4. The number of carbonyl (C=O) groups is 1. The van der Waals surface area contributed by atoms with Crippen molar-refractivity contribution >= 4 is 11.6 Å². The Morgan fingerprint density at radius 2 is 1.81 bits per heavy atom. The zero-order valence-electron chi connectivity index (χ0n) is 13.5. The smallest absolute Gasteiger partial charge is 0.318 e. The minimum atomic E-state index is -4.72. The first-order chi connectivity index (χ1) is 12.3. The zero-order chi connectivity index (χ0) is 18.9. The summed E-state index contributed by atoms with van der Waals surface area (Å²) in [7, 11) is 0. The van der Waals surface area contributed by atoms with Crippen molar-refractivity contribution in [2.75, 3.05) is 5.32 Å². The van der Waals surface area contributed by atoms with Gasteiger partial charge < -0.3 is 5.32 Å². The molecular weight excluding hydrogens is 350 g/mol. The first kappa shape index (κ1) is 17.7. The molecule has 1 amide bonds. The van der Waals surface area contributed by atoms with Crippen LogP contribution >= 0.6 is 0 Å². The van der Waals surface area contributed by atoms with Gasteiger partial charge in [0.25, 0.3) is 5.91 Å². The zero-order valence-corrected chi connectivity index (χ0v) is 13.5. The van der Waals surface area contributed by atoms with Crippen molar-refractivity contribution < 1.29 is 23.8 Å². The molecule has 26 heavy (non-hydrogen) atoms. The number of hydrogen-bond acceptors (Lipinski definition) is 2. The van der Waals surface area contributed by atoms with E-state index in [9.17, 15) is 22.4 Å². The number of anilines is 1. The van der Waals surface area contributed by atoms with Gasteiger partial charge in [0, 0.05) is 7.49 Å². The lowest BCUT2D eigenvalue weighted by Crippen LogP contribution is -2.17. The van der Waals surface area contributed by atoms with Gasteiger partial charge in [-0.1, -0.05) is 24.3 Å². The van der Waals surface area contributed by atoms with E-state index in [2.05, 4.69) is 10.4 Å². The van der Waals surface area contributed by atoms with Crippen LogP contribution in [-0.2, 0) is 6.18 Å². The highest BCUT2D eigenvalue weighted by molar-refractivity contribution is 6.03. The Hall–Kier alpha value is -3.16. The second-order valence-electron chi connectivity index (χ2n) is 5.60. The largest absolute Gasteiger partial charge is 0.435 e. The highest BCUT2D eigenvalue weighted by Gasteiger charge is 2.36. The number of aryl methyl sites for hydroxylation is 1. The maximum atomic E-state index is 13.9. The first-order valence-corrected chi connectivity index (χ1v) is 7.56. The Balaban J connectivity index is 0.00000261. The SMILES string of the molecule is Cc1ccc(NC(=O)c2cc(C(F)(F)F)nn2-c2ccccc2)c(F)c1.[2HH]. The summed E-state index contributed by atoms with van der Waals surface area (Å²) < 4.78 is 53.9. The number of nitrogens with zero attached hydrogens (tertiary/aromatic N) is 2. The van der Waals surface area contributed by atoms with Crippen LogP contribution in [0.15, 0.2) is 54.6 Å². The lowest BCUT2D eigenvalue weighted by Gasteiger charge is -2.09. The Morgan fingerprint density at radius 1 is 1.12 bits per heavy atom. The maximum absolute atomic E-state index is 13.9. The van der Waals surface area contributed by atoms with E-state index < -0.39 is 23.6 Å². The normalized spacial score (nSPS) is 11.4. The van der Waals surface area contributed by atoms with Crippen LogP contribution in [0.25, 0.3) is 5.69 Å². The monoisotopic (exact) mass is 366 g/mol. The van der Waals surface area contributed by atoms with Gasteiger partial charge in [-0.2, -0.15) is 18.3 Å². The lowest BCUT2D eigenvalue weighted by atomic mass is 10.2. The van der Waals surface area contributed by atoms with Gasteiger partial charge in [-0.25, -0.2) is 9.07 Å². The van der Waals surface area contributed by atoms with Crippen LogP contribution in [0.5, 0.6) is 0 Å². The minimum Gasteiger partial charge on any atom is -0.318 e.